The molecule has 4 aromatic rings. The Bertz CT molecular complexity index is 1250. The maximum absolute atomic E-state index is 12.4. The number of aryl methyl sites for hydroxylation is 3. The highest BCUT2D eigenvalue weighted by Crippen LogP contribution is 2.23. The summed E-state index contributed by atoms with van der Waals surface area (Å²) in [4.78, 5) is 27.3. The van der Waals surface area contributed by atoms with E-state index < -0.39 is 0 Å². The average molecular weight is 419 g/mol. The quantitative estimate of drug-likeness (QED) is 0.482. The van der Waals surface area contributed by atoms with Crippen LogP contribution in [0.4, 0.5) is 0 Å². The second kappa shape index (κ2) is 8.51. The van der Waals surface area contributed by atoms with Crippen molar-refractivity contribution in [3.05, 3.63) is 58.7 Å². The smallest absolute Gasteiger partial charge is 0.267 e. The average Bonchev–Trinajstić information content (AvgIpc) is 3.29. The summed E-state index contributed by atoms with van der Waals surface area (Å²) in [6, 6.07) is 10.3. The Morgan fingerprint density at radius 2 is 1.97 bits per heavy atom. The SMILES string of the molecule is CCc1nc2c(C)cc(C)nc2n1Cc1ccc2[nH]c(C(=O)NCCN(C)C)cc2c1. The van der Waals surface area contributed by atoms with Crippen LogP contribution in [0.1, 0.15) is 40.1 Å². The molecule has 3 aromatic heterocycles. The topological polar surface area (TPSA) is 78.8 Å². The molecule has 7 nitrogen and oxygen atoms in total. The summed E-state index contributed by atoms with van der Waals surface area (Å²) >= 11 is 0. The van der Waals surface area contributed by atoms with Gasteiger partial charge in [-0.1, -0.05) is 13.0 Å². The van der Waals surface area contributed by atoms with E-state index in [2.05, 4.69) is 46.9 Å². The normalized spacial score (nSPS) is 11.7. The summed E-state index contributed by atoms with van der Waals surface area (Å²) in [6.07, 6.45) is 0.846. The van der Waals surface area contributed by atoms with Crippen molar-refractivity contribution in [2.75, 3.05) is 27.2 Å². The molecule has 0 radical (unpaired) electrons. The van der Waals surface area contributed by atoms with Crippen molar-refractivity contribution in [3.8, 4) is 0 Å². The van der Waals surface area contributed by atoms with Gasteiger partial charge in [0, 0.05) is 36.1 Å². The lowest BCUT2D eigenvalue weighted by Crippen LogP contribution is -2.31. The highest BCUT2D eigenvalue weighted by molar-refractivity contribution is 5.98. The van der Waals surface area contributed by atoms with Crippen LogP contribution in [0.5, 0.6) is 0 Å². The molecule has 162 valence electrons. The number of carbonyl (C=O) groups excluding carboxylic acids is 1. The maximum atomic E-state index is 12.4. The van der Waals surface area contributed by atoms with Gasteiger partial charge in [0.2, 0.25) is 0 Å². The van der Waals surface area contributed by atoms with E-state index in [1.807, 2.05) is 38.1 Å². The number of aromatic amines is 1. The summed E-state index contributed by atoms with van der Waals surface area (Å²) in [7, 11) is 3.98. The first-order chi connectivity index (χ1) is 14.9. The van der Waals surface area contributed by atoms with Crippen LogP contribution in [-0.4, -0.2) is 57.5 Å². The Hall–Kier alpha value is -3.19. The lowest BCUT2D eigenvalue weighted by atomic mass is 10.1. The number of aromatic nitrogens is 4. The molecule has 31 heavy (non-hydrogen) atoms. The molecule has 0 aliphatic heterocycles. The van der Waals surface area contributed by atoms with Gasteiger partial charge >= 0.3 is 0 Å². The predicted octanol–water partition coefficient (Wildman–Crippen LogP) is 3.43. The van der Waals surface area contributed by atoms with Crippen molar-refractivity contribution < 1.29 is 4.79 Å². The fraction of sp³-hybridized carbons (Fsp3) is 0.375. The van der Waals surface area contributed by atoms with Crippen LogP contribution < -0.4 is 5.32 Å². The van der Waals surface area contributed by atoms with Crippen molar-refractivity contribution in [1.82, 2.24) is 29.7 Å². The minimum Gasteiger partial charge on any atom is -0.351 e. The Kier molecular flexibility index (Phi) is 5.78. The number of hydrogen-bond donors (Lipinski definition) is 2. The van der Waals surface area contributed by atoms with Gasteiger partial charge < -0.3 is 19.8 Å². The number of pyridine rings is 1. The highest BCUT2D eigenvalue weighted by Gasteiger charge is 2.15. The number of rotatable bonds is 7. The molecule has 0 saturated heterocycles. The van der Waals surface area contributed by atoms with E-state index in [9.17, 15) is 4.79 Å². The van der Waals surface area contributed by atoms with Crippen molar-refractivity contribution in [1.29, 1.82) is 0 Å². The molecule has 1 amide bonds. The van der Waals surface area contributed by atoms with Gasteiger partial charge in [0.05, 0.1) is 6.54 Å². The van der Waals surface area contributed by atoms with Gasteiger partial charge in [0.15, 0.2) is 5.65 Å². The Morgan fingerprint density at radius 1 is 1.16 bits per heavy atom. The van der Waals surface area contributed by atoms with Crippen molar-refractivity contribution in [2.45, 2.75) is 33.7 Å². The molecule has 0 aliphatic carbocycles. The third kappa shape index (κ3) is 4.32. The number of hydrogen-bond acceptors (Lipinski definition) is 4. The molecule has 4 rings (SSSR count). The van der Waals surface area contributed by atoms with E-state index in [-0.39, 0.29) is 5.91 Å². The highest BCUT2D eigenvalue weighted by atomic mass is 16.1. The zero-order valence-corrected chi connectivity index (χ0v) is 18.9. The van der Waals surface area contributed by atoms with Gasteiger partial charge in [-0.2, -0.15) is 0 Å². The summed E-state index contributed by atoms with van der Waals surface area (Å²) in [5.41, 5.74) is 6.76. The molecule has 0 bridgehead atoms. The number of benzene rings is 1. The molecule has 1 aromatic carbocycles. The number of imidazole rings is 1. The number of likely N-dealkylation sites (N-methyl/N-ethyl adjacent to an activating group) is 1. The van der Waals surface area contributed by atoms with Gasteiger partial charge in [-0.05, 0) is 63.3 Å². The maximum Gasteiger partial charge on any atom is 0.267 e. The summed E-state index contributed by atoms with van der Waals surface area (Å²) in [5, 5.41) is 3.98. The fourth-order valence-electron chi connectivity index (χ4n) is 3.96. The summed E-state index contributed by atoms with van der Waals surface area (Å²) in [5.74, 6) is 0.954. The molecule has 0 spiro atoms. The van der Waals surface area contributed by atoms with E-state index in [1.165, 1.54) is 0 Å². The van der Waals surface area contributed by atoms with Crippen LogP contribution in [0.15, 0.2) is 30.3 Å². The van der Waals surface area contributed by atoms with Gasteiger partial charge in [-0.25, -0.2) is 9.97 Å². The van der Waals surface area contributed by atoms with Gasteiger partial charge in [-0.15, -0.1) is 0 Å². The Labute approximate surface area is 182 Å². The number of H-pyrrole nitrogens is 1. The van der Waals surface area contributed by atoms with E-state index in [0.29, 0.717) is 18.8 Å². The molecule has 3 heterocycles. The minimum absolute atomic E-state index is 0.0800. The zero-order chi connectivity index (χ0) is 22.1. The van der Waals surface area contributed by atoms with Crippen LogP contribution in [0.3, 0.4) is 0 Å². The van der Waals surface area contributed by atoms with Gasteiger partial charge in [-0.3, -0.25) is 4.79 Å². The first-order valence-corrected chi connectivity index (χ1v) is 10.7. The number of nitrogens with zero attached hydrogens (tertiary/aromatic N) is 4. The van der Waals surface area contributed by atoms with Gasteiger partial charge in [0.25, 0.3) is 5.91 Å². The number of amides is 1. The molecule has 7 heteroatoms. The lowest BCUT2D eigenvalue weighted by molar-refractivity contribution is 0.0947. The molecule has 2 N–H and O–H groups in total. The lowest BCUT2D eigenvalue weighted by Gasteiger charge is -2.09. The molecular formula is C24H30N6O. The monoisotopic (exact) mass is 418 g/mol. The zero-order valence-electron chi connectivity index (χ0n) is 18.9. The molecule has 0 fully saturated rings. The predicted molar refractivity (Wildman–Crippen MR) is 125 cm³/mol. The van der Waals surface area contributed by atoms with Crippen molar-refractivity contribution in [3.63, 3.8) is 0 Å². The van der Waals surface area contributed by atoms with E-state index in [0.717, 1.165) is 57.7 Å². The van der Waals surface area contributed by atoms with E-state index >= 15 is 0 Å². The number of carbonyl (C=O) groups is 1. The van der Waals surface area contributed by atoms with E-state index in [1.54, 1.807) is 0 Å². The van der Waals surface area contributed by atoms with Crippen molar-refractivity contribution >= 4 is 28.0 Å². The fourth-order valence-corrected chi connectivity index (χ4v) is 3.96. The largest absolute Gasteiger partial charge is 0.351 e. The van der Waals surface area contributed by atoms with Crippen LogP contribution in [0.25, 0.3) is 22.1 Å². The Balaban J connectivity index is 1.62. The third-order valence-corrected chi connectivity index (χ3v) is 5.53. The molecule has 0 saturated carbocycles. The van der Waals surface area contributed by atoms with Crippen LogP contribution in [-0.2, 0) is 13.0 Å². The minimum atomic E-state index is -0.0800. The second-order valence-electron chi connectivity index (χ2n) is 8.38. The van der Waals surface area contributed by atoms with Crippen LogP contribution in [0, 0.1) is 13.8 Å². The van der Waals surface area contributed by atoms with Gasteiger partial charge in [0.1, 0.15) is 17.0 Å². The molecule has 0 aliphatic rings. The second-order valence-corrected chi connectivity index (χ2v) is 8.38. The third-order valence-electron chi connectivity index (χ3n) is 5.53. The summed E-state index contributed by atoms with van der Waals surface area (Å²) < 4.78 is 2.21. The molecule has 0 unspecified atom stereocenters. The Morgan fingerprint density at radius 3 is 2.71 bits per heavy atom. The molecule has 0 atom stereocenters. The summed E-state index contributed by atoms with van der Waals surface area (Å²) in [6.45, 7) is 8.35. The van der Waals surface area contributed by atoms with E-state index in [4.69, 9.17) is 9.97 Å². The van der Waals surface area contributed by atoms with Crippen molar-refractivity contribution in [2.24, 2.45) is 0 Å². The van der Waals surface area contributed by atoms with Crippen LogP contribution >= 0.6 is 0 Å². The first kappa shape index (κ1) is 21.1. The van der Waals surface area contributed by atoms with Crippen LogP contribution in [0.2, 0.25) is 0 Å². The first-order valence-electron chi connectivity index (χ1n) is 10.7. The number of fused-ring (bicyclic) bond motifs is 2. The standard InChI is InChI=1S/C24H30N6O/c1-6-21-28-22-15(2)11-16(3)26-23(22)30(21)14-17-7-8-19-18(12-17)13-20(27-19)24(31)25-9-10-29(4)5/h7-8,11-13,27H,6,9-10,14H2,1-5H3,(H,25,31). The molecular weight excluding hydrogens is 388 g/mol. The number of nitrogens with one attached hydrogen (secondary N) is 2.